The number of nitrogens with zero attached hydrogens (tertiary/aromatic N) is 12. The summed E-state index contributed by atoms with van der Waals surface area (Å²) in [5.41, 5.74) is 15.1. The van der Waals surface area contributed by atoms with Crippen molar-refractivity contribution in [2.75, 3.05) is 69.8 Å². The summed E-state index contributed by atoms with van der Waals surface area (Å²) in [6, 6.07) is 41.6. The fourth-order valence-corrected chi connectivity index (χ4v) is 20.3. The normalized spacial score (nSPS) is 14.1. The Morgan fingerprint density at radius 3 is 0.993 bits per heavy atom. The third-order valence-electron chi connectivity index (χ3n) is 25.9. The Kier molecular flexibility index (Phi) is 37.2. The van der Waals surface area contributed by atoms with Crippen LogP contribution in [0, 0.1) is 0 Å². The summed E-state index contributed by atoms with van der Waals surface area (Å²) in [7, 11) is 8.91. The van der Waals surface area contributed by atoms with Gasteiger partial charge in [0.2, 0.25) is 29.7 Å². The van der Waals surface area contributed by atoms with Gasteiger partial charge in [0, 0.05) is 130 Å². The molecule has 138 heavy (non-hydrogen) atoms. The zero-order valence-electron chi connectivity index (χ0n) is 79.5. The fourth-order valence-electron chi connectivity index (χ4n) is 18.2. The number of anilines is 4. The summed E-state index contributed by atoms with van der Waals surface area (Å²) in [6.07, 6.45) is 25.4. The highest BCUT2D eigenvalue weighted by molar-refractivity contribution is 9.10. The van der Waals surface area contributed by atoms with Crippen molar-refractivity contribution in [2.45, 2.75) is 238 Å². The van der Waals surface area contributed by atoms with Crippen molar-refractivity contribution in [3.63, 3.8) is 0 Å². The molecule has 0 radical (unpaired) electrons. The quantitative estimate of drug-likeness (QED) is 0.0142. The summed E-state index contributed by atoms with van der Waals surface area (Å²) in [5.74, 6) is -0.251. The van der Waals surface area contributed by atoms with E-state index in [2.05, 4.69) is 58.7 Å². The molecule has 7 heterocycles. The highest BCUT2D eigenvalue weighted by Crippen LogP contribution is 2.35. The number of hydrogen-bond acceptors (Lipinski definition) is 22. The predicted octanol–water partition coefficient (Wildman–Crippen LogP) is 20.1. The Morgan fingerprint density at radius 1 is 0.384 bits per heavy atom. The molecule has 16 rings (SSSR count). The maximum Gasteiger partial charge on any atom is 0.307 e. The lowest BCUT2D eigenvalue weighted by atomic mass is 9.94. The number of halogens is 1. The van der Waals surface area contributed by atoms with Gasteiger partial charge in [-0.05, 0) is 209 Å². The maximum absolute atomic E-state index is 13.2. The van der Waals surface area contributed by atoms with Crippen LogP contribution < -0.4 is 27.0 Å². The molecule has 4 aliphatic carbocycles. The SMILES string of the molecule is C=C(Nc1nc2cc(C(=O)N(C)C3CCCCC3)ccc2n1CCC(N)=O)c1ccc(Br)cc1.CCOC(=O)CCCn1c(NC(=O)c2cccs2)nc2cc(C(=O)N(C)C3CCCCC3)ccc21.CCOC(=O)CCn1c(NC(=O)c2cccs2)nc2cc(C(=O)N(C)C3CCCCC3)ccc21.COC(=O)CCCCn1c(NC(=O)c2cccs2)nc2cc(C(=O)N(C)C3CCCCC3)ccc21. The minimum Gasteiger partial charge on any atom is -0.469 e. The first-order valence-electron chi connectivity index (χ1n) is 47.8. The lowest BCUT2D eigenvalue weighted by Crippen LogP contribution is -2.38. The van der Waals surface area contributed by atoms with Crippen LogP contribution in [0.25, 0.3) is 49.8 Å². The topological polar surface area (TPSA) is 374 Å². The molecule has 0 spiro atoms. The molecule has 5 aromatic carbocycles. The molecule has 0 bridgehead atoms. The highest BCUT2D eigenvalue weighted by Gasteiger charge is 2.31. The molecule has 0 atom stereocenters. The standard InChI is InChI=1S/C26H30BrN5O2.2C26H32N4O4S.C25H30N4O4S/c1-17(18-8-11-20(27)12-9-18)29-26-30-22-16-19(10-13-23(22)32(26)15-14-24(28)33)25(34)31(2)21-6-4-3-5-7-21;1-29(19-9-4-3-5-10-19)25(33)18-13-14-21-20(17-18)27-26(28-24(32)22-11-8-16-35-22)30(21)15-7-6-12-23(31)34-2;1-3-34-23(31)12-7-15-30-21-14-13-18(25(33)29(2)19-9-5-4-6-10-19)17-20(21)27-26(30)28-24(32)22-11-8-16-35-22;1-3-33-22(30)13-14-29-20-12-11-17(24(32)28(2)18-8-5-4-6-9-18)16-19(20)26-25(29)27-23(31)21-10-7-15-34-21/h8-13,16,21H,1,3-7,14-15H2,2H3,(H2,28,33)(H,29,30);2*8,11,13-14,16-17,19H,3-7,9-10,12,15H2,1-2H3,(H,27,28,32);7,10-12,15-16,18H,3-6,8-9,13-14H2,1-2H3,(H,26,27,31). The van der Waals surface area contributed by atoms with Gasteiger partial charge in [-0.25, -0.2) is 19.9 Å². The summed E-state index contributed by atoms with van der Waals surface area (Å²) in [5, 5.41) is 17.5. The lowest BCUT2D eigenvalue weighted by Gasteiger charge is -2.31. The number of aromatic nitrogens is 8. The molecule has 6 N–H and O–H groups in total. The number of ether oxygens (including phenoxy) is 3. The molecule has 4 fully saturated rings. The molecule has 12 aromatic rings. The first-order valence-corrected chi connectivity index (χ1v) is 51.2. The van der Waals surface area contributed by atoms with Gasteiger partial charge in [0.25, 0.3) is 41.4 Å². The number of imidazole rings is 4. The van der Waals surface area contributed by atoms with Gasteiger partial charge in [-0.2, -0.15) is 0 Å². The molecule has 4 saturated carbocycles. The van der Waals surface area contributed by atoms with Crippen LogP contribution in [0.5, 0.6) is 0 Å². The number of carbonyl (C=O) groups excluding carboxylic acids is 11. The van der Waals surface area contributed by atoms with Crippen LogP contribution in [0.4, 0.5) is 23.8 Å². The van der Waals surface area contributed by atoms with Crippen LogP contribution >= 0.6 is 49.9 Å². The number of carbonyl (C=O) groups is 11. The number of fused-ring (bicyclic) bond motifs is 4. The predicted molar refractivity (Wildman–Crippen MR) is 545 cm³/mol. The van der Waals surface area contributed by atoms with E-state index in [4.69, 9.17) is 24.9 Å². The molecule has 8 amide bonds. The van der Waals surface area contributed by atoms with Gasteiger partial charge in [0.15, 0.2) is 0 Å². The number of benzene rings is 5. The Morgan fingerprint density at radius 2 is 0.681 bits per heavy atom. The number of primary amides is 1. The van der Waals surface area contributed by atoms with Gasteiger partial charge in [0.1, 0.15) is 0 Å². The van der Waals surface area contributed by atoms with E-state index in [9.17, 15) is 52.7 Å². The fraction of sp³-hybridized carbons (Fsp3) is 0.427. The van der Waals surface area contributed by atoms with Crippen LogP contribution in [-0.4, -0.2) is 196 Å². The minimum absolute atomic E-state index is 0.00407. The maximum atomic E-state index is 13.2. The molecular formula is C103H124BrN17O14S3. The van der Waals surface area contributed by atoms with Gasteiger partial charge in [0.05, 0.1) is 85.5 Å². The molecule has 4 aliphatic rings. The molecule has 7 aromatic heterocycles. The van der Waals surface area contributed by atoms with E-state index in [0.29, 0.717) is 154 Å². The summed E-state index contributed by atoms with van der Waals surface area (Å²) in [4.78, 5) is 165. The number of nitrogens with one attached hydrogen (secondary N) is 4. The van der Waals surface area contributed by atoms with Crippen LogP contribution in [0.2, 0.25) is 0 Å². The average Bonchev–Trinajstić information content (AvgIpc) is 1.68. The largest absolute Gasteiger partial charge is 0.469 e. The van der Waals surface area contributed by atoms with Crippen molar-refractivity contribution in [3.8, 4) is 0 Å². The van der Waals surface area contributed by atoms with Crippen LogP contribution in [0.3, 0.4) is 0 Å². The van der Waals surface area contributed by atoms with Crippen molar-refractivity contribution in [1.29, 1.82) is 0 Å². The van der Waals surface area contributed by atoms with E-state index in [1.165, 1.54) is 79.6 Å². The molecular weight excluding hydrogens is 1880 g/mol. The Balaban J connectivity index is 0.000000155. The average molecular weight is 2000 g/mol. The number of hydrogen-bond donors (Lipinski definition) is 5. The number of rotatable bonds is 34. The van der Waals surface area contributed by atoms with Crippen molar-refractivity contribution in [2.24, 2.45) is 5.73 Å². The number of unbranched alkanes of at least 4 members (excludes halogenated alkanes) is 1. The number of aryl methyl sites for hydroxylation is 4. The first-order chi connectivity index (χ1) is 66.8. The summed E-state index contributed by atoms with van der Waals surface area (Å²) in [6.45, 7) is 10.1. The number of methoxy groups -OCH3 is 1. The second kappa shape index (κ2) is 50.0. The zero-order chi connectivity index (χ0) is 97.9. The smallest absolute Gasteiger partial charge is 0.307 e. The Bertz CT molecular complexity index is 6200. The second-order valence-corrected chi connectivity index (χ2v) is 38.9. The van der Waals surface area contributed by atoms with Crippen LogP contribution in [0.1, 0.15) is 263 Å². The van der Waals surface area contributed by atoms with E-state index in [1.807, 2.05) is 175 Å². The molecule has 0 unspecified atom stereocenters. The van der Waals surface area contributed by atoms with E-state index >= 15 is 0 Å². The van der Waals surface area contributed by atoms with Crippen molar-refractivity contribution in [1.82, 2.24) is 57.8 Å². The molecule has 0 saturated heterocycles. The van der Waals surface area contributed by atoms with E-state index in [0.717, 1.165) is 122 Å². The van der Waals surface area contributed by atoms with E-state index in [1.54, 1.807) is 54.8 Å². The highest BCUT2D eigenvalue weighted by atomic mass is 79.9. The first kappa shape index (κ1) is 103. The number of esters is 3. The summed E-state index contributed by atoms with van der Waals surface area (Å²) < 4.78 is 23.3. The second-order valence-electron chi connectivity index (χ2n) is 35.1. The van der Waals surface area contributed by atoms with Gasteiger partial charge >= 0.3 is 17.9 Å². The van der Waals surface area contributed by atoms with Crippen molar-refractivity contribution in [3.05, 3.63) is 203 Å². The van der Waals surface area contributed by atoms with Crippen molar-refractivity contribution >= 4 is 189 Å². The van der Waals surface area contributed by atoms with Gasteiger partial charge in [-0.15, -0.1) is 34.0 Å². The third kappa shape index (κ3) is 27.0. The van der Waals surface area contributed by atoms with Gasteiger partial charge < -0.3 is 63.1 Å². The lowest BCUT2D eigenvalue weighted by molar-refractivity contribution is -0.144. The molecule has 730 valence electrons. The zero-order valence-corrected chi connectivity index (χ0v) is 83.6. The third-order valence-corrected chi connectivity index (χ3v) is 29.0. The van der Waals surface area contributed by atoms with Crippen LogP contribution in [-0.2, 0) is 59.6 Å². The molecule has 35 heteroatoms. The molecule has 31 nitrogen and oxygen atoms in total. The number of thiophene rings is 3. The monoisotopic (exact) mass is 2000 g/mol. The Hall–Kier alpha value is -12.7. The number of amides is 8. The van der Waals surface area contributed by atoms with Gasteiger partial charge in [-0.1, -0.05) is 130 Å². The summed E-state index contributed by atoms with van der Waals surface area (Å²) >= 11 is 7.50. The molecule has 0 aliphatic heterocycles. The van der Waals surface area contributed by atoms with Crippen molar-refractivity contribution < 1.29 is 67.0 Å². The van der Waals surface area contributed by atoms with Gasteiger partial charge in [-0.3, -0.25) is 68.7 Å². The van der Waals surface area contributed by atoms with Crippen LogP contribution in [0.15, 0.2) is 161 Å². The van der Waals surface area contributed by atoms with E-state index < -0.39 is 0 Å². The number of nitrogens with two attached hydrogens (primary N) is 1. The van der Waals surface area contributed by atoms with E-state index in [-0.39, 0.29) is 109 Å². The minimum atomic E-state index is -0.388. The Labute approximate surface area is 824 Å².